The fourth-order valence-electron chi connectivity index (χ4n) is 4.83. The van der Waals surface area contributed by atoms with Crippen LogP contribution >= 0.6 is 56.8 Å². The van der Waals surface area contributed by atoms with Crippen molar-refractivity contribution >= 4 is 113 Å². The normalized spacial score (nSPS) is 12.7. The molecule has 3 rings (SSSR count). The summed E-state index contributed by atoms with van der Waals surface area (Å²) in [6.07, 6.45) is 1.34. The maximum atomic E-state index is 13.1. The molecule has 0 aliphatic rings. The molecule has 1 atom stereocenters. The molecule has 0 amide bonds. The number of nitro groups is 2. The molecule has 2 aromatic carbocycles. The van der Waals surface area contributed by atoms with E-state index >= 15 is 0 Å². The van der Waals surface area contributed by atoms with Gasteiger partial charge in [-0.25, -0.2) is 10.3 Å². The van der Waals surface area contributed by atoms with Crippen LogP contribution in [0.15, 0.2) is 35.3 Å². The summed E-state index contributed by atoms with van der Waals surface area (Å²) in [7, 11) is -4.21. The van der Waals surface area contributed by atoms with Crippen LogP contribution in [0.4, 0.5) is 11.4 Å². The highest BCUT2D eigenvalue weighted by atomic mass is 127. The lowest BCUT2D eigenvalue weighted by molar-refractivity contribution is -0.384. The monoisotopic (exact) mass is 1100 g/mol. The first-order chi connectivity index (χ1) is 27.0. The zero-order chi connectivity index (χ0) is 45.4. The molecule has 0 aliphatic carbocycles. The van der Waals surface area contributed by atoms with Crippen LogP contribution in [0.2, 0.25) is 41.3 Å². The smallest absolute Gasteiger partial charge is 0.343 e. The van der Waals surface area contributed by atoms with Crippen LogP contribution in [0, 0.1) is 33.3 Å². The van der Waals surface area contributed by atoms with Crippen LogP contribution in [-0.2, 0) is 29.8 Å². The number of nitrogens with zero attached hydrogens (tertiary/aromatic N) is 3. The third-order valence-electron chi connectivity index (χ3n) is 10.2. The average molecular weight is 1100 g/mol. The highest BCUT2D eigenvalue weighted by Gasteiger charge is 2.40. The van der Waals surface area contributed by atoms with Gasteiger partial charge in [0, 0.05) is 44.1 Å². The van der Waals surface area contributed by atoms with Crippen LogP contribution in [0.25, 0.3) is 10.9 Å². The van der Waals surface area contributed by atoms with Gasteiger partial charge in [0.1, 0.15) is 22.0 Å². The van der Waals surface area contributed by atoms with Gasteiger partial charge < -0.3 is 23.0 Å². The molecule has 3 aromatic rings. The minimum absolute atomic E-state index is 0.0107. The number of rotatable bonds is 16. The molecular weight excluding hydrogens is 1050 g/mol. The number of pyridine rings is 1. The van der Waals surface area contributed by atoms with Gasteiger partial charge in [-0.3, -0.25) is 34.6 Å². The maximum Gasteiger partial charge on any atom is 0.343 e. The number of esters is 2. The molecular formula is C38H53ClI2N4O12Si2. The van der Waals surface area contributed by atoms with E-state index in [0.29, 0.717) is 13.7 Å². The van der Waals surface area contributed by atoms with Crippen molar-refractivity contribution in [1.82, 2.24) is 10.0 Å². The molecule has 0 spiro atoms. The van der Waals surface area contributed by atoms with E-state index < -0.39 is 61.2 Å². The number of hydroxylamine groups is 1. The molecule has 0 saturated carbocycles. The van der Waals surface area contributed by atoms with Crippen molar-refractivity contribution in [2.24, 2.45) is 5.92 Å². The number of non-ortho nitro benzene ring substituents is 1. The van der Waals surface area contributed by atoms with E-state index in [4.69, 9.17) is 30.0 Å². The molecule has 0 fully saturated rings. The van der Waals surface area contributed by atoms with Gasteiger partial charge >= 0.3 is 11.9 Å². The van der Waals surface area contributed by atoms with Gasteiger partial charge in [-0.05, 0) is 107 Å². The molecule has 21 heteroatoms. The summed E-state index contributed by atoms with van der Waals surface area (Å²) in [5.41, 5.74) is 1.53. The predicted octanol–water partition coefficient (Wildman–Crippen LogP) is 9.45. The predicted molar refractivity (Wildman–Crippen MR) is 248 cm³/mol. The first-order valence-electron chi connectivity index (χ1n) is 18.6. The molecule has 59 heavy (non-hydrogen) atoms. The summed E-state index contributed by atoms with van der Waals surface area (Å²) < 4.78 is 24.6. The Hall–Kier alpha value is -2.88. The molecule has 326 valence electrons. The van der Waals surface area contributed by atoms with Crippen molar-refractivity contribution < 1.29 is 42.7 Å². The Kier molecular flexibility index (Phi) is 18.8. The zero-order valence-electron chi connectivity index (χ0n) is 35.4. The van der Waals surface area contributed by atoms with E-state index in [0.717, 1.165) is 0 Å². The van der Waals surface area contributed by atoms with E-state index in [-0.39, 0.29) is 69.1 Å². The second-order valence-corrected chi connectivity index (χ2v) is 28.8. The number of hydrogen-bond acceptors (Lipinski definition) is 13. The van der Waals surface area contributed by atoms with Gasteiger partial charge in [-0.15, -0.1) is 0 Å². The van der Waals surface area contributed by atoms with E-state index in [1.165, 1.54) is 24.4 Å². The maximum absolute atomic E-state index is 13.1. The molecule has 0 bridgehead atoms. The minimum atomic E-state index is -2.17. The number of aromatic nitrogens is 1. The third kappa shape index (κ3) is 13.6. The van der Waals surface area contributed by atoms with Crippen molar-refractivity contribution in [2.75, 3.05) is 26.4 Å². The number of nitro benzene ring substituents is 2. The lowest BCUT2D eigenvalue weighted by Gasteiger charge is -2.36. The number of ketones is 1. The highest BCUT2D eigenvalue weighted by Crippen LogP contribution is 2.38. The average Bonchev–Trinajstić information content (AvgIpc) is 3.10. The number of ether oxygens (including phenoxy) is 2. The summed E-state index contributed by atoms with van der Waals surface area (Å²) in [5, 5.41) is 22.6. The minimum Gasteiger partial charge on any atom is -0.465 e. The van der Waals surface area contributed by atoms with E-state index in [1.807, 2.05) is 58.3 Å². The number of hydrogen-bond donors (Lipinski definition) is 1. The SMILES string of the molecule is CCOC(=O)C(CNO[Si](C)(C)C(C)(C)C)C(=O)c1cc(I)cc([N+](=O)[O-])c1Cl.CCOC(=O)c1cn(CCO[Si](C)(C)C(C)(C)C)c2c([N+](=O)[O-])cc(I)cc2c1=O. The van der Waals surface area contributed by atoms with Crippen LogP contribution < -0.4 is 10.9 Å². The summed E-state index contributed by atoms with van der Waals surface area (Å²) in [4.78, 5) is 72.5. The number of Topliss-reactive ketones (excluding diaryl/α,β-unsaturated/α-hetero) is 1. The Bertz CT molecular complexity index is 2140. The van der Waals surface area contributed by atoms with Crippen molar-refractivity contribution in [3.63, 3.8) is 0 Å². The third-order valence-corrected chi connectivity index (χ3v) is 20.6. The lowest BCUT2D eigenvalue weighted by Crippen LogP contribution is -2.47. The van der Waals surface area contributed by atoms with Crippen LogP contribution in [0.1, 0.15) is 76.1 Å². The number of halogens is 3. The van der Waals surface area contributed by atoms with Gasteiger partial charge in [0.15, 0.2) is 14.1 Å². The molecule has 1 unspecified atom stereocenters. The molecule has 0 saturated heterocycles. The van der Waals surface area contributed by atoms with E-state index in [9.17, 15) is 39.4 Å². The molecule has 1 N–H and O–H groups in total. The lowest BCUT2D eigenvalue weighted by atomic mass is 9.97. The van der Waals surface area contributed by atoms with Gasteiger partial charge in [-0.1, -0.05) is 53.1 Å². The van der Waals surface area contributed by atoms with Gasteiger partial charge in [-0.2, -0.15) is 0 Å². The Balaban J connectivity index is 0.000000407. The van der Waals surface area contributed by atoms with Crippen LogP contribution in [-0.4, -0.2) is 75.1 Å². The summed E-state index contributed by atoms with van der Waals surface area (Å²) >= 11 is 9.87. The topological polar surface area (TPSA) is 208 Å². The number of carbonyl (C=O) groups is 3. The molecule has 0 radical (unpaired) electrons. The standard InChI is InChI=1S/C20H27IN2O6Si.C18H26ClIN2O6Si/c1-7-28-19(25)15-12-22(8-9-29-30(5,6)20(2,3)4)17-14(18(15)24)10-13(21)11-16(17)23(26)27;1-7-27-17(24)13(10-21-28-29(5,6)18(2,3)4)16(23)12-8-11(20)9-14(15(12)19)22(25)26/h10-12H,7-9H2,1-6H3;8-9,13,21H,7,10H2,1-6H3. The Morgan fingerprint density at radius 3 is 1.88 bits per heavy atom. The Labute approximate surface area is 378 Å². The van der Waals surface area contributed by atoms with Crippen LogP contribution in [0.5, 0.6) is 0 Å². The number of carbonyl (C=O) groups excluding carboxylic acids is 3. The Morgan fingerprint density at radius 1 is 0.847 bits per heavy atom. The number of fused-ring (bicyclic) bond motifs is 1. The fourth-order valence-corrected chi connectivity index (χ4v) is 8.10. The number of benzene rings is 2. The van der Waals surface area contributed by atoms with E-state index in [2.05, 4.69) is 60.1 Å². The summed E-state index contributed by atoms with van der Waals surface area (Å²) in [6.45, 7) is 24.7. The largest absolute Gasteiger partial charge is 0.465 e. The van der Waals surface area contributed by atoms with E-state index in [1.54, 1.807) is 24.5 Å². The fraction of sp³-hybridized carbons (Fsp3) is 0.526. The first kappa shape index (κ1) is 52.3. The van der Waals surface area contributed by atoms with Crippen molar-refractivity contribution in [2.45, 2.75) is 98.2 Å². The second-order valence-electron chi connectivity index (χ2n) is 16.4. The van der Waals surface area contributed by atoms with Crippen molar-refractivity contribution in [3.05, 3.63) is 84.2 Å². The number of nitrogens with one attached hydrogen (secondary N) is 1. The van der Waals surface area contributed by atoms with Crippen molar-refractivity contribution in [1.29, 1.82) is 0 Å². The molecule has 0 aliphatic heterocycles. The van der Waals surface area contributed by atoms with Gasteiger partial charge in [0.05, 0.1) is 35.1 Å². The highest BCUT2D eigenvalue weighted by molar-refractivity contribution is 14.1. The quantitative estimate of drug-likeness (QED) is 0.0270. The zero-order valence-corrected chi connectivity index (χ0v) is 42.4. The summed E-state index contributed by atoms with van der Waals surface area (Å²) in [6, 6.07) is 5.65. The van der Waals surface area contributed by atoms with Gasteiger partial charge in [0.2, 0.25) is 13.7 Å². The molecule has 1 aromatic heterocycles. The molecule has 16 nitrogen and oxygen atoms in total. The van der Waals surface area contributed by atoms with Crippen LogP contribution in [0.3, 0.4) is 0 Å². The Morgan fingerprint density at radius 2 is 1.37 bits per heavy atom. The van der Waals surface area contributed by atoms with Crippen molar-refractivity contribution in [3.8, 4) is 0 Å². The summed E-state index contributed by atoms with van der Waals surface area (Å²) in [5.74, 6) is -3.41. The first-order valence-corrected chi connectivity index (χ1v) is 26.9. The molecule has 1 heterocycles. The van der Waals surface area contributed by atoms with Gasteiger partial charge in [0.25, 0.3) is 11.4 Å². The second kappa shape index (κ2) is 21.3.